The van der Waals surface area contributed by atoms with Crippen molar-refractivity contribution in [2.75, 3.05) is 14.7 Å². The SMILES string of the molecule is Cc1cc2c3c(c1)N1c4c(cc(C(C)(C)C)cc4C4(C)CCCCC14C)B3c1ccc(N(c3ccc(-c4cccc5ccccc45)cc3)c3cccc4c3OC3C=CC=CC43)cc1N2c1ccccc1. The molecule has 5 heteroatoms. The molecule has 1 fully saturated rings. The number of benzene rings is 8. The van der Waals surface area contributed by atoms with Gasteiger partial charge in [-0.15, -0.1) is 0 Å². The first-order valence-electron chi connectivity index (χ1n) is 25.7. The normalized spacial score (nSPS) is 21.9. The number of aryl methyl sites for hydroxylation is 1. The summed E-state index contributed by atoms with van der Waals surface area (Å²) in [6, 6.07) is 59.9. The number of rotatable bonds is 5. The van der Waals surface area contributed by atoms with Crippen LogP contribution >= 0.6 is 0 Å². The minimum Gasteiger partial charge on any atom is -0.483 e. The lowest BCUT2D eigenvalue weighted by Crippen LogP contribution is -2.64. The van der Waals surface area contributed by atoms with Crippen LogP contribution in [0.3, 0.4) is 0 Å². The number of para-hydroxylation sites is 2. The number of fused-ring (bicyclic) bond motifs is 11. The summed E-state index contributed by atoms with van der Waals surface area (Å²) in [6.07, 6.45) is 13.6. The summed E-state index contributed by atoms with van der Waals surface area (Å²) in [4.78, 5) is 7.89. The van der Waals surface area contributed by atoms with Crippen molar-refractivity contribution in [2.24, 2.45) is 0 Å². The van der Waals surface area contributed by atoms with Crippen LogP contribution in [-0.2, 0) is 10.8 Å². The van der Waals surface area contributed by atoms with Crippen molar-refractivity contribution in [1.82, 2.24) is 0 Å². The lowest BCUT2D eigenvalue weighted by molar-refractivity contribution is 0.195. The van der Waals surface area contributed by atoms with Gasteiger partial charge in [-0.2, -0.15) is 0 Å². The van der Waals surface area contributed by atoms with Crippen LogP contribution in [0.5, 0.6) is 5.75 Å². The molecule has 4 aliphatic heterocycles. The molecule has 4 unspecified atom stereocenters. The van der Waals surface area contributed by atoms with E-state index in [4.69, 9.17) is 4.74 Å². The van der Waals surface area contributed by atoms with E-state index in [1.54, 1.807) is 5.56 Å². The highest BCUT2D eigenvalue weighted by atomic mass is 16.5. The second-order valence-corrected chi connectivity index (χ2v) is 22.4. The Kier molecular flexibility index (Phi) is 8.87. The molecule has 0 bridgehead atoms. The Morgan fingerprint density at radius 3 is 2.26 bits per heavy atom. The van der Waals surface area contributed by atoms with Crippen LogP contribution in [0, 0.1) is 6.92 Å². The quantitative estimate of drug-likeness (QED) is 0.160. The smallest absolute Gasteiger partial charge is 0.252 e. The second-order valence-electron chi connectivity index (χ2n) is 22.4. The van der Waals surface area contributed by atoms with E-state index in [1.165, 1.54) is 103 Å². The van der Waals surface area contributed by atoms with E-state index in [2.05, 4.69) is 238 Å². The topological polar surface area (TPSA) is 19.0 Å². The minimum absolute atomic E-state index is 0.0149. The molecule has 4 nitrogen and oxygen atoms in total. The average molecular weight is 908 g/mol. The van der Waals surface area contributed by atoms with Gasteiger partial charge in [0, 0.05) is 56.7 Å². The molecular formula is C65H58BN3O. The Balaban J connectivity index is 1.02. The molecule has 0 N–H and O–H groups in total. The molecule has 4 atom stereocenters. The van der Waals surface area contributed by atoms with Gasteiger partial charge < -0.3 is 19.4 Å². The summed E-state index contributed by atoms with van der Waals surface area (Å²) in [5, 5.41) is 2.50. The average Bonchev–Trinajstić information content (AvgIpc) is 3.86. The zero-order chi connectivity index (χ0) is 47.3. The highest BCUT2D eigenvalue weighted by molar-refractivity contribution is 7.00. The lowest BCUT2D eigenvalue weighted by Gasteiger charge is -2.52. The first kappa shape index (κ1) is 41.7. The third-order valence-electron chi connectivity index (χ3n) is 17.5. The third kappa shape index (κ3) is 5.78. The highest BCUT2D eigenvalue weighted by Crippen LogP contribution is 2.62. The number of allylic oxidation sites excluding steroid dienone is 2. The molecule has 342 valence electrons. The van der Waals surface area contributed by atoms with E-state index in [1.807, 2.05) is 0 Å². The fourth-order valence-electron chi connectivity index (χ4n) is 13.8. The lowest BCUT2D eigenvalue weighted by atomic mass is 9.33. The molecule has 0 spiro atoms. The van der Waals surface area contributed by atoms with Crippen LogP contribution < -0.4 is 35.8 Å². The van der Waals surface area contributed by atoms with Gasteiger partial charge in [-0.05, 0) is 148 Å². The van der Waals surface area contributed by atoms with Crippen molar-refractivity contribution in [3.8, 4) is 16.9 Å². The maximum absolute atomic E-state index is 6.99. The van der Waals surface area contributed by atoms with Crippen LogP contribution in [0.4, 0.5) is 45.5 Å². The first-order valence-corrected chi connectivity index (χ1v) is 25.7. The largest absolute Gasteiger partial charge is 0.483 e. The molecule has 0 radical (unpaired) electrons. The van der Waals surface area contributed by atoms with Crippen LogP contribution in [0.1, 0.15) is 88.5 Å². The zero-order valence-corrected chi connectivity index (χ0v) is 41.1. The fraction of sp³-hybridized carbons (Fsp3) is 0.231. The van der Waals surface area contributed by atoms with Gasteiger partial charge in [0.2, 0.25) is 0 Å². The molecule has 0 saturated heterocycles. The monoisotopic (exact) mass is 907 g/mol. The van der Waals surface area contributed by atoms with Crippen LogP contribution in [-0.4, -0.2) is 18.4 Å². The predicted molar refractivity (Wildman–Crippen MR) is 295 cm³/mol. The van der Waals surface area contributed by atoms with Gasteiger partial charge in [0.05, 0.1) is 11.2 Å². The molecule has 0 amide bonds. The van der Waals surface area contributed by atoms with Gasteiger partial charge >= 0.3 is 0 Å². The number of anilines is 8. The van der Waals surface area contributed by atoms with Crippen molar-refractivity contribution in [3.63, 3.8) is 0 Å². The first-order chi connectivity index (χ1) is 34.0. The number of ether oxygens (including phenoxy) is 1. The van der Waals surface area contributed by atoms with Crippen molar-refractivity contribution in [1.29, 1.82) is 0 Å². The Hall–Kier alpha value is -7.24. The molecule has 4 heterocycles. The summed E-state index contributed by atoms with van der Waals surface area (Å²) in [7, 11) is 0. The van der Waals surface area contributed by atoms with Gasteiger partial charge in [-0.1, -0.05) is 162 Å². The number of hydrogen-bond acceptors (Lipinski definition) is 4. The van der Waals surface area contributed by atoms with Gasteiger partial charge in [-0.25, -0.2) is 0 Å². The summed E-state index contributed by atoms with van der Waals surface area (Å²) in [5.74, 6) is 1.12. The van der Waals surface area contributed by atoms with Gasteiger partial charge in [0.25, 0.3) is 6.71 Å². The molecule has 6 aliphatic rings. The maximum Gasteiger partial charge on any atom is 0.252 e. The fourth-order valence-corrected chi connectivity index (χ4v) is 13.8. The van der Waals surface area contributed by atoms with E-state index < -0.39 is 0 Å². The Labute approximate surface area is 413 Å². The molecule has 8 aromatic carbocycles. The molecule has 70 heavy (non-hydrogen) atoms. The highest BCUT2D eigenvalue weighted by Gasteiger charge is 2.61. The predicted octanol–water partition coefficient (Wildman–Crippen LogP) is 14.9. The second kappa shape index (κ2) is 14.9. The zero-order valence-electron chi connectivity index (χ0n) is 41.1. The van der Waals surface area contributed by atoms with E-state index in [9.17, 15) is 0 Å². The van der Waals surface area contributed by atoms with E-state index >= 15 is 0 Å². The van der Waals surface area contributed by atoms with Crippen molar-refractivity contribution in [3.05, 3.63) is 204 Å². The Bertz CT molecular complexity index is 3540. The van der Waals surface area contributed by atoms with Gasteiger partial charge in [0.15, 0.2) is 0 Å². The van der Waals surface area contributed by atoms with E-state index in [0.717, 1.165) is 28.5 Å². The van der Waals surface area contributed by atoms with E-state index in [-0.39, 0.29) is 35.1 Å². The van der Waals surface area contributed by atoms with Crippen molar-refractivity contribution in [2.45, 2.75) is 95.6 Å². The van der Waals surface area contributed by atoms with Gasteiger partial charge in [-0.3, -0.25) is 0 Å². The maximum atomic E-state index is 6.99. The van der Waals surface area contributed by atoms with E-state index in [0.29, 0.717) is 0 Å². The Morgan fingerprint density at radius 1 is 0.671 bits per heavy atom. The molecule has 14 rings (SSSR count). The third-order valence-corrected chi connectivity index (χ3v) is 17.5. The summed E-state index contributed by atoms with van der Waals surface area (Å²) >= 11 is 0. The minimum atomic E-state index is -0.0438. The number of nitrogens with zero attached hydrogens (tertiary/aromatic N) is 3. The summed E-state index contributed by atoms with van der Waals surface area (Å²) in [5.41, 5.74) is 21.8. The summed E-state index contributed by atoms with van der Waals surface area (Å²) in [6.45, 7) is 14.7. The summed E-state index contributed by atoms with van der Waals surface area (Å²) < 4.78 is 6.99. The Morgan fingerprint density at radius 2 is 1.41 bits per heavy atom. The van der Waals surface area contributed by atoms with Crippen LogP contribution in [0.25, 0.3) is 21.9 Å². The molecule has 8 aromatic rings. The molecular weight excluding hydrogens is 850 g/mol. The number of hydrogen-bond donors (Lipinski definition) is 0. The standard InChI is InChI=1S/C65H58BN3O/c1-41-36-57-60-58(37-41)69-61-52(64(5)34-14-15-35-65(64,69)6)38-44(63(2,3)4)39-54(61)66(60)53-33-32-47(40-56(53)68(57)45-20-8-7-9-21-45)67(55-26-17-25-51-50-23-12-13-27-59(50)70-62(51)55)46-30-28-43(29-31-46)49-24-16-19-42-18-10-11-22-48(42)49/h7-13,16-33,36-40,50,59H,14-15,34-35H2,1-6H3. The van der Waals surface area contributed by atoms with Gasteiger partial charge in [0.1, 0.15) is 11.9 Å². The molecule has 1 saturated carbocycles. The van der Waals surface area contributed by atoms with Crippen LogP contribution in [0.2, 0.25) is 0 Å². The molecule has 0 aromatic heterocycles. The van der Waals surface area contributed by atoms with Crippen molar-refractivity contribution < 1.29 is 4.74 Å². The van der Waals surface area contributed by atoms with Crippen molar-refractivity contribution >= 4 is 79.4 Å². The van der Waals surface area contributed by atoms with Crippen LogP contribution in [0.15, 0.2) is 182 Å². The molecule has 2 aliphatic carbocycles.